The molecular weight excluding hydrogens is 284 g/mol. The van der Waals surface area contributed by atoms with E-state index in [0.29, 0.717) is 6.42 Å². The van der Waals surface area contributed by atoms with E-state index in [1.54, 1.807) is 19.1 Å². The molecule has 1 aromatic carbocycles. The van der Waals surface area contributed by atoms with Gasteiger partial charge in [-0.2, -0.15) is 8.42 Å². The fourth-order valence-electron chi connectivity index (χ4n) is 2.01. The van der Waals surface area contributed by atoms with Gasteiger partial charge in [0.25, 0.3) is 0 Å². The van der Waals surface area contributed by atoms with Crippen LogP contribution >= 0.6 is 0 Å². The summed E-state index contributed by atoms with van der Waals surface area (Å²) < 4.78 is 37.3. The summed E-state index contributed by atoms with van der Waals surface area (Å²) in [5.74, 6) is -0.755. The quantitative estimate of drug-likeness (QED) is 0.785. The Balaban J connectivity index is 2.08. The molecule has 2 atom stereocenters. The Labute approximate surface area is 118 Å². The van der Waals surface area contributed by atoms with Gasteiger partial charge in [0.15, 0.2) is 0 Å². The van der Waals surface area contributed by atoms with Gasteiger partial charge in [-0.3, -0.25) is 0 Å². The molecule has 0 N–H and O–H groups in total. The van der Waals surface area contributed by atoms with Crippen molar-refractivity contribution < 1.29 is 26.3 Å². The highest BCUT2D eigenvalue weighted by atomic mass is 32.3. The highest BCUT2D eigenvalue weighted by molar-refractivity contribution is 7.82. The maximum atomic E-state index is 12.1. The number of carbonyl (C=O) groups is 1. The SMILES string of the molecule is CC[C@@H]1OS(=O)(=O)O[C@@]1(C)C(=O)OCc1ccccc1. The molecule has 1 aliphatic heterocycles. The molecule has 6 nitrogen and oxygen atoms in total. The van der Waals surface area contributed by atoms with Crippen molar-refractivity contribution >= 4 is 16.4 Å². The summed E-state index contributed by atoms with van der Waals surface area (Å²) in [6.45, 7) is 3.12. The molecule has 110 valence electrons. The van der Waals surface area contributed by atoms with Crippen LogP contribution in [0, 0.1) is 0 Å². The van der Waals surface area contributed by atoms with E-state index in [2.05, 4.69) is 0 Å². The van der Waals surface area contributed by atoms with Gasteiger partial charge >= 0.3 is 16.4 Å². The van der Waals surface area contributed by atoms with E-state index >= 15 is 0 Å². The predicted molar refractivity (Wildman–Crippen MR) is 69.8 cm³/mol. The van der Waals surface area contributed by atoms with E-state index in [4.69, 9.17) is 13.1 Å². The van der Waals surface area contributed by atoms with Gasteiger partial charge in [-0.25, -0.2) is 13.2 Å². The van der Waals surface area contributed by atoms with Crippen LogP contribution in [-0.2, 0) is 34.9 Å². The second-order valence-corrected chi connectivity index (χ2v) is 5.83. The highest BCUT2D eigenvalue weighted by Crippen LogP contribution is 2.34. The summed E-state index contributed by atoms with van der Waals surface area (Å²) >= 11 is 0. The first-order valence-corrected chi connectivity index (χ1v) is 7.56. The lowest BCUT2D eigenvalue weighted by Crippen LogP contribution is -2.45. The zero-order chi connectivity index (χ0) is 14.8. The largest absolute Gasteiger partial charge is 0.459 e. The fraction of sp³-hybridized carbons (Fsp3) is 0.462. The van der Waals surface area contributed by atoms with E-state index in [1.165, 1.54) is 6.92 Å². The molecular formula is C13H16O6S. The molecule has 0 bridgehead atoms. The number of hydrogen-bond donors (Lipinski definition) is 0. The second kappa shape index (κ2) is 5.51. The molecule has 7 heteroatoms. The van der Waals surface area contributed by atoms with Crippen molar-refractivity contribution in [1.82, 2.24) is 0 Å². The van der Waals surface area contributed by atoms with Gasteiger partial charge < -0.3 is 4.74 Å². The van der Waals surface area contributed by atoms with Gasteiger partial charge in [-0.15, -0.1) is 0 Å². The third-order valence-corrected chi connectivity index (χ3v) is 4.13. The maximum absolute atomic E-state index is 12.1. The van der Waals surface area contributed by atoms with Crippen molar-refractivity contribution in [2.75, 3.05) is 0 Å². The van der Waals surface area contributed by atoms with E-state index in [0.717, 1.165) is 5.56 Å². The molecule has 0 spiro atoms. The first kappa shape index (κ1) is 15.0. The minimum absolute atomic E-state index is 0.0507. The first-order chi connectivity index (χ1) is 9.37. The Bertz CT molecular complexity index is 582. The summed E-state index contributed by atoms with van der Waals surface area (Å²) in [4.78, 5) is 12.1. The van der Waals surface area contributed by atoms with E-state index in [-0.39, 0.29) is 6.61 Å². The van der Waals surface area contributed by atoms with Crippen molar-refractivity contribution in [2.24, 2.45) is 0 Å². The predicted octanol–water partition coefficient (Wildman–Crippen LogP) is 1.56. The molecule has 0 unspecified atom stereocenters. The van der Waals surface area contributed by atoms with Gasteiger partial charge in [0.2, 0.25) is 5.60 Å². The summed E-state index contributed by atoms with van der Waals surface area (Å²) in [5.41, 5.74) is -0.832. The molecule has 0 amide bonds. The van der Waals surface area contributed by atoms with Gasteiger partial charge in [-0.1, -0.05) is 37.3 Å². The van der Waals surface area contributed by atoms with Crippen LogP contribution in [0.1, 0.15) is 25.8 Å². The minimum atomic E-state index is -4.14. The van der Waals surface area contributed by atoms with Gasteiger partial charge in [0, 0.05) is 0 Å². The van der Waals surface area contributed by atoms with Crippen molar-refractivity contribution in [3.8, 4) is 0 Å². The number of esters is 1. The van der Waals surface area contributed by atoms with Crippen molar-refractivity contribution in [3.63, 3.8) is 0 Å². The molecule has 2 rings (SSSR count). The fourth-order valence-corrected chi connectivity index (χ4v) is 3.25. The van der Waals surface area contributed by atoms with Crippen LogP contribution in [0.25, 0.3) is 0 Å². The van der Waals surface area contributed by atoms with E-state index < -0.39 is 28.1 Å². The Morgan fingerprint density at radius 3 is 2.60 bits per heavy atom. The molecule has 1 saturated heterocycles. The standard InChI is InChI=1S/C13H16O6S/c1-3-11-13(2,19-20(15,16)18-11)12(14)17-9-10-7-5-4-6-8-10/h4-8,11H,3,9H2,1-2H3/t11-,13+/m0/s1. The van der Waals surface area contributed by atoms with Crippen LogP contribution in [0.15, 0.2) is 30.3 Å². The second-order valence-electron chi connectivity index (χ2n) is 4.65. The summed E-state index contributed by atoms with van der Waals surface area (Å²) in [6, 6.07) is 9.09. The van der Waals surface area contributed by atoms with Crippen molar-refractivity contribution in [3.05, 3.63) is 35.9 Å². The average Bonchev–Trinajstić information content (AvgIpc) is 2.67. The van der Waals surface area contributed by atoms with E-state index in [9.17, 15) is 13.2 Å². The number of rotatable bonds is 4. The number of benzene rings is 1. The van der Waals surface area contributed by atoms with Crippen LogP contribution in [0.3, 0.4) is 0 Å². The molecule has 0 radical (unpaired) electrons. The van der Waals surface area contributed by atoms with Gasteiger partial charge in [0.05, 0.1) is 0 Å². The van der Waals surface area contributed by atoms with Crippen molar-refractivity contribution in [1.29, 1.82) is 0 Å². The number of hydrogen-bond acceptors (Lipinski definition) is 6. The summed E-state index contributed by atoms with van der Waals surface area (Å²) in [5, 5.41) is 0. The average molecular weight is 300 g/mol. The number of ether oxygens (including phenoxy) is 1. The monoisotopic (exact) mass is 300 g/mol. The zero-order valence-electron chi connectivity index (χ0n) is 11.2. The molecule has 0 aliphatic carbocycles. The molecule has 0 saturated carbocycles. The number of carbonyl (C=O) groups excluding carboxylic acids is 1. The Morgan fingerprint density at radius 2 is 2.00 bits per heavy atom. The normalized spacial score (nSPS) is 28.2. The van der Waals surface area contributed by atoms with Crippen LogP contribution in [0.2, 0.25) is 0 Å². The molecule has 1 fully saturated rings. The maximum Gasteiger partial charge on any atom is 0.401 e. The summed E-state index contributed by atoms with van der Waals surface area (Å²) in [6.07, 6.45) is -0.563. The minimum Gasteiger partial charge on any atom is -0.459 e. The van der Waals surface area contributed by atoms with Crippen molar-refractivity contribution in [2.45, 2.75) is 38.6 Å². The van der Waals surface area contributed by atoms with Gasteiger partial charge in [0.1, 0.15) is 12.7 Å². The lowest BCUT2D eigenvalue weighted by molar-refractivity contribution is -0.164. The molecule has 1 aliphatic rings. The van der Waals surface area contributed by atoms with Gasteiger partial charge in [-0.05, 0) is 18.9 Å². The molecule has 1 aromatic rings. The Morgan fingerprint density at radius 1 is 1.35 bits per heavy atom. The van der Waals surface area contributed by atoms with Crippen LogP contribution in [-0.4, -0.2) is 26.1 Å². The smallest absolute Gasteiger partial charge is 0.401 e. The molecule has 20 heavy (non-hydrogen) atoms. The Kier molecular flexibility index (Phi) is 4.12. The molecule has 1 heterocycles. The van der Waals surface area contributed by atoms with Crippen LogP contribution in [0.4, 0.5) is 0 Å². The highest BCUT2D eigenvalue weighted by Gasteiger charge is 2.55. The zero-order valence-corrected chi connectivity index (χ0v) is 12.1. The lowest BCUT2D eigenvalue weighted by atomic mass is 9.97. The van der Waals surface area contributed by atoms with Crippen LogP contribution < -0.4 is 0 Å². The third-order valence-electron chi connectivity index (χ3n) is 3.11. The third kappa shape index (κ3) is 3.00. The lowest BCUT2D eigenvalue weighted by Gasteiger charge is -2.23. The summed E-state index contributed by atoms with van der Waals surface area (Å²) in [7, 11) is -4.14. The Hall–Kier alpha value is -1.44. The molecule has 0 aromatic heterocycles. The topological polar surface area (TPSA) is 78.9 Å². The van der Waals surface area contributed by atoms with E-state index in [1.807, 2.05) is 18.2 Å². The van der Waals surface area contributed by atoms with Crippen LogP contribution in [0.5, 0.6) is 0 Å². The first-order valence-electron chi connectivity index (χ1n) is 6.22.